The third-order valence-corrected chi connectivity index (χ3v) is 6.19. The zero-order chi connectivity index (χ0) is 28.3. The van der Waals surface area contributed by atoms with Crippen LogP contribution in [0.5, 0.6) is 5.75 Å². The zero-order valence-electron chi connectivity index (χ0n) is 23.6. The van der Waals surface area contributed by atoms with Crippen molar-refractivity contribution in [3.8, 4) is 17.0 Å². The molecule has 0 atom stereocenters. The van der Waals surface area contributed by atoms with Gasteiger partial charge in [0, 0.05) is 39.4 Å². The fraction of sp³-hybridized carbons (Fsp3) is 0.357. The van der Waals surface area contributed by atoms with Crippen molar-refractivity contribution in [3.63, 3.8) is 0 Å². The Kier molecular flexibility index (Phi) is 7.80. The van der Waals surface area contributed by atoms with E-state index in [1.165, 1.54) is 0 Å². The number of carbonyl (C=O) groups excluding carboxylic acids is 1. The number of nitrogen functional groups attached to an aromatic ring is 1. The summed E-state index contributed by atoms with van der Waals surface area (Å²) in [5.74, 6) is 1.00. The van der Waals surface area contributed by atoms with Gasteiger partial charge in [0.25, 0.3) is 0 Å². The van der Waals surface area contributed by atoms with Gasteiger partial charge in [-0.25, -0.2) is 14.8 Å². The largest absolute Gasteiger partial charge is 0.494 e. The topological polar surface area (TPSA) is 114 Å². The summed E-state index contributed by atoms with van der Waals surface area (Å²) >= 11 is 0. The number of benzene rings is 1. The summed E-state index contributed by atoms with van der Waals surface area (Å²) in [5.41, 5.74) is 10.7. The number of anilines is 4. The molecule has 39 heavy (non-hydrogen) atoms. The smallest absolute Gasteiger partial charge is 0.410 e. The monoisotopic (exact) mass is 533 g/mol. The standard InChI is InChI=1S/C28H37N8O3/c1-28(2,3)39-27(37)34(5)15-14-33(4)24-17-25(38-7)22(16-20(24)29)32-26-30-12-11-21(31-26)19-18-35(6)36-13-9-8-10-23(19)36/h8-13,16-18H,14-15,29H2,1-7H3,(H,30,31,32)/q+1. The van der Waals surface area contributed by atoms with E-state index in [1.807, 2.05) is 81.1 Å². The van der Waals surface area contributed by atoms with Crippen LogP contribution in [0.15, 0.2) is 55.0 Å². The van der Waals surface area contributed by atoms with E-state index >= 15 is 0 Å². The molecule has 4 aromatic rings. The molecule has 0 spiro atoms. The highest BCUT2D eigenvalue weighted by Gasteiger charge is 2.21. The van der Waals surface area contributed by atoms with Gasteiger partial charge in [0.05, 0.1) is 41.6 Å². The van der Waals surface area contributed by atoms with Crippen LogP contribution in [0.3, 0.4) is 0 Å². The first-order chi connectivity index (χ1) is 18.5. The first-order valence-corrected chi connectivity index (χ1v) is 12.7. The molecule has 0 bridgehead atoms. The minimum absolute atomic E-state index is 0.370. The first kappa shape index (κ1) is 27.5. The lowest BCUT2D eigenvalue weighted by Crippen LogP contribution is -2.38. The molecule has 3 N–H and O–H groups in total. The van der Waals surface area contributed by atoms with Gasteiger partial charge in [0.15, 0.2) is 7.05 Å². The number of ether oxygens (including phenoxy) is 2. The molecule has 0 radical (unpaired) electrons. The summed E-state index contributed by atoms with van der Waals surface area (Å²) in [6, 6.07) is 11.6. The van der Waals surface area contributed by atoms with Crippen molar-refractivity contribution in [3.05, 3.63) is 55.0 Å². The molecule has 0 unspecified atom stereocenters. The van der Waals surface area contributed by atoms with Crippen LogP contribution in [0.4, 0.5) is 27.8 Å². The number of pyridine rings is 1. The zero-order valence-corrected chi connectivity index (χ0v) is 23.6. The number of hydrogen-bond donors (Lipinski definition) is 2. The summed E-state index contributed by atoms with van der Waals surface area (Å²) < 4.78 is 15.2. The van der Waals surface area contributed by atoms with Crippen LogP contribution in [-0.2, 0) is 11.8 Å². The van der Waals surface area contributed by atoms with Gasteiger partial charge in [0.1, 0.15) is 16.9 Å². The van der Waals surface area contributed by atoms with Gasteiger partial charge in [-0.2, -0.15) is 0 Å². The molecule has 0 aliphatic carbocycles. The van der Waals surface area contributed by atoms with E-state index in [0.717, 1.165) is 22.5 Å². The molecular weight excluding hydrogens is 496 g/mol. The van der Waals surface area contributed by atoms with Gasteiger partial charge in [-0.05, 0) is 45.0 Å². The molecule has 0 aliphatic rings. The van der Waals surface area contributed by atoms with Gasteiger partial charge in [0.2, 0.25) is 12.1 Å². The van der Waals surface area contributed by atoms with E-state index in [1.54, 1.807) is 31.3 Å². The molecule has 0 saturated heterocycles. The van der Waals surface area contributed by atoms with Crippen molar-refractivity contribution in [2.24, 2.45) is 7.05 Å². The summed E-state index contributed by atoms with van der Waals surface area (Å²) in [6.07, 6.45) is 5.38. The predicted molar refractivity (Wildman–Crippen MR) is 152 cm³/mol. The Morgan fingerprint density at radius 2 is 1.95 bits per heavy atom. The minimum Gasteiger partial charge on any atom is -0.494 e. The number of aryl methyl sites for hydroxylation is 1. The number of nitrogens with one attached hydrogen (secondary N) is 1. The number of aromatic nitrogens is 4. The molecule has 0 saturated carbocycles. The normalized spacial score (nSPS) is 11.4. The number of nitrogens with two attached hydrogens (primary N) is 1. The molecule has 11 heteroatoms. The molecule has 0 aliphatic heterocycles. The summed E-state index contributed by atoms with van der Waals surface area (Å²) in [6.45, 7) is 6.54. The summed E-state index contributed by atoms with van der Waals surface area (Å²) in [5, 5.41) is 3.25. The van der Waals surface area contributed by atoms with Gasteiger partial charge in [-0.15, -0.1) is 9.20 Å². The van der Waals surface area contributed by atoms with Crippen molar-refractivity contribution in [2.75, 3.05) is 50.2 Å². The molecule has 11 nitrogen and oxygen atoms in total. The maximum absolute atomic E-state index is 12.3. The van der Waals surface area contributed by atoms with Crippen LogP contribution < -0.4 is 25.4 Å². The van der Waals surface area contributed by atoms with Crippen LogP contribution in [0.1, 0.15) is 20.8 Å². The SMILES string of the molecule is COc1cc(N(C)CCN(C)C(=O)OC(C)(C)C)c(N)cc1Nc1nccc(-c2c[n+](C)n3ccccc23)n1. The lowest BCUT2D eigenvalue weighted by atomic mass is 10.2. The quantitative estimate of drug-likeness (QED) is 0.259. The van der Waals surface area contributed by atoms with E-state index in [2.05, 4.69) is 20.9 Å². The van der Waals surface area contributed by atoms with E-state index in [0.29, 0.717) is 36.2 Å². The first-order valence-electron chi connectivity index (χ1n) is 12.7. The van der Waals surface area contributed by atoms with Gasteiger partial charge in [-0.1, -0.05) is 6.07 Å². The van der Waals surface area contributed by atoms with Crippen molar-refractivity contribution in [1.82, 2.24) is 19.4 Å². The number of fused-ring (bicyclic) bond motifs is 1. The fourth-order valence-corrected chi connectivity index (χ4v) is 4.16. The second kappa shape index (κ2) is 11.1. The average molecular weight is 534 g/mol. The number of nitrogens with zero attached hydrogens (tertiary/aromatic N) is 6. The number of likely N-dealkylation sites (N-methyl/N-ethyl adjacent to an activating group) is 2. The Hall–Kier alpha value is -4.54. The Morgan fingerprint density at radius 3 is 2.67 bits per heavy atom. The number of carbonyl (C=O) groups is 1. The van der Waals surface area contributed by atoms with E-state index in [4.69, 9.17) is 20.2 Å². The molecule has 206 valence electrons. The molecule has 0 fully saturated rings. The Morgan fingerprint density at radius 1 is 1.18 bits per heavy atom. The second-order valence-corrected chi connectivity index (χ2v) is 10.4. The average Bonchev–Trinajstić information content (AvgIpc) is 3.23. The van der Waals surface area contributed by atoms with E-state index in [-0.39, 0.29) is 6.09 Å². The van der Waals surface area contributed by atoms with E-state index < -0.39 is 5.60 Å². The number of rotatable bonds is 8. The summed E-state index contributed by atoms with van der Waals surface area (Å²) in [7, 11) is 7.21. The lowest BCUT2D eigenvalue weighted by Gasteiger charge is -2.28. The van der Waals surface area contributed by atoms with Crippen molar-refractivity contribution < 1.29 is 19.0 Å². The van der Waals surface area contributed by atoms with Crippen LogP contribution in [0.25, 0.3) is 16.8 Å². The highest BCUT2D eigenvalue weighted by atomic mass is 16.6. The highest BCUT2D eigenvalue weighted by Crippen LogP contribution is 2.36. The van der Waals surface area contributed by atoms with Crippen molar-refractivity contribution >= 4 is 34.6 Å². The molecule has 1 amide bonds. The molecule has 3 aromatic heterocycles. The van der Waals surface area contributed by atoms with Crippen LogP contribution in [0, 0.1) is 0 Å². The molecule has 3 heterocycles. The van der Waals surface area contributed by atoms with Crippen LogP contribution in [0.2, 0.25) is 0 Å². The summed E-state index contributed by atoms with van der Waals surface area (Å²) in [4.78, 5) is 25.0. The second-order valence-electron chi connectivity index (χ2n) is 10.4. The third kappa shape index (κ3) is 6.31. The van der Waals surface area contributed by atoms with Gasteiger partial charge >= 0.3 is 6.09 Å². The van der Waals surface area contributed by atoms with Crippen molar-refractivity contribution in [1.29, 1.82) is 0 Å². The Balaban J connectivity index is 1.52. The van der Waals surface area contributed by atoms with Gasteiger partial charge in [-0.3, -0.25) is 0 Å². The maximum atomic E-state index is 12.3. The predicted octanol–water partition coefficient (Wildman–Crippen LogP) is 3.86. The van der Waals surface area contributed by atoms with Crippen LogP contribution in [-0.4, -0.2) is 65.4 Å². The van der Waals surface area contributed by atoms with E-state index in [9.17, 15) is 4.79 Å². The highest BCUT2D eigenvalue weighted by molar-refractivity contribution is 5.80. The number of hydrogen-bond acceptors (Lipinski definition) is 8. The van der Waals surface area contributed by atoms with Crippen molar-refractivity contribution in [2.45, 2.75) is 26.4 Å². The third-order valence-electron chi connectivity index (χ3n) is 6.19. The number of amides is 1. The molecular formula is C28H37N8O3+. The fourth-order valence-electron chi connectivity index (χ4n) is 4.16. The molecule has 4 rings (SSSR count). The number of methoxy groups -OCH3 is 1. The Bertz CT molecular complexity index is 1480. The minimum atomic E-state index is -0.547. The maximum Gasteiger partial charge on any atom is 0.410 e. The van der Waals surface area contributed by atoms with Crippen LogP contribution >= 0.6 is 0 Å². The van der Waals surface area contributed by atoms with Gasteiger partial charge < -0.3 is 30.3 Å². The molecule has 1 aromatic carbocycles. The lowest BCUT2D eigenvalue weighted by molar-refractivity contribution is -0.737. The Labute approximate surface area is 228 Å².